The first-order valence-electron chi connectivity index (χ1n) is 6.34. The van der Waals surface area contributed by atoms with Crippen molar-refractivity contribution in [2.45, 2.75) is 25.8 Å². The molecule has 0 radical (unpaired) electrons. The molecular weight excluding hydrogens is 238 g/mol. The smallest absolute Gasteiger partial charge is 0.214 e. The molecule has 6 heteroatoms. The molecule has 0 aromatic heterocycles. The molecule has 0 aromatic carbocycles. The molecule has 17 heavy (non-hydrogen) atoms. The Hall–Kier alpha value is -0.170. The number of hydrogen-bond donors (Lipinski definition) is 1. The molecule has 1 aliphatic rings. The van der Waals surface area contributed by atoms with Gasteiger partial charge in [-0.2, -0.15) is 4.31 Å². The highest BCUT2D eigenvalue weighted by molar-refractivity contribution is 7.89. The number of piperazine rings is 1. The molecule has 1 rings (SSSR count). The van der Waals surface area contributed by atoms with E-state index in [0.29, 0.717) is 25.6 Å². The molecular formula is C11H25N3O2S. The monoisotopic (exact) mass is 263 g/mol. The van der Waals surface area contributed by atoms with Gasteiger partial charge in [-0.1, -0.05) is 6.92 Å². The molecule has 0 saturated carbocycles. The van der Waals surface area contributed by atoms with E-state index in [4.69, 9.17) is 0 Å². The summed E-state index contributed by atoms with van der Waals surface area (Å²) in [5.74, 6) is 0.258. The standard InChI is InChI=1S/C11H25N3O2S/c1-4-11-10-14(8-7-13(11)3)17(15,16)9-5-6-12-2/h11-12H,4-10H2,1-3H3. The lowest BCUT2D eigenvalue weighted by Gasteiger charge is -2.38. The van der Waals surface area contributed by atoms with Crippen LogP contribution in [-0.2, 0) is 10.0 Å². The molecule has 0 amide bonds. The average molecular weight is 263 g/mol. The number of rotatable bonds is 6. The van der Waals surface area contributed by atoms with E-state index >= 15 is 0 Å². The lowest BCUT2D eigenvalue weighted by atomic mass is 10.1. The Morgan fingerprint density at radius 1 is 1.35 bits per heavy atom. The zero-order chi connectivity index (χ0) is 12.9. The summed E-state index contributed by atoms with van der Waals surface area (Å²) >= 11 is 0. The highest BCUT2D eigenvalue weighted by Crippen LogP contribution is 2.14. The van der Waals surface area contributed by atoms with Gasteiger partial charge in [0.05, 0.1) is 5.75 Å². The summed E-state index contributed by atoms with van der Waals surface area (Å²) in [6, 6.07) is 0.364. The summed E-state index contributed by atoms with van der Waals surface area (Å²) < 4.78 is 25.9. The van der Waals surface area contributed by atoms with Crippen molar-refractivity contribution in [3.63, 3.8) is 0 Å². The Morgan fingerprint density at radius 2 is 2.06 bits per heavy atom. The van der Waals surface area contributed by atoms with Crippen LogP contribution < -0.4 is 5.32 Å². The average Bonchev–Trinajstić information content (AvgIpc) is 2.29. The predicted octanol–water partition coefficient (Wildman–Crippen LogP) is -0.0483. The fraction of sp³-hybridized carbons (Fsp3) is 1.00. The first-order valence-corrected chi connectivity index (χ1v) is 7.95. The van der Waals surface area contributed by atoms with Crippen molar-refractivity contribution in [3.05, 3.63) is 0 Å². The van der Waals surface area contributed by atoms with Crippen molar-refractivity contribution in [3.8, 4) is 0 Å². The first kappa shape index (κ1) is 14.9. The van der Waals surface area contributed by atoms with Crippen LogP contribution in [0.3, 0.4) is 0 Å². The van der Waals surface area contributed by atoms with Crippen LogP contribution in [0.2, 0.25) is 0 Å². The molecule has 1 saturated heterocycles. The number of nitrogens with one attached hydrogen (secondary N) is 1. The van der Waals surface area contributed by atoms with E-state index in [1.807, 2.05) is 7.05 Å². The van der Waals surface area contributed by atoms with Gasteiger partial charge in [0.25, 0.3) is 0 Å². The van der Waals surface area contributed by atoms with Gasteiger partial charge in [0.2, 0.25) is 10.0 Å². The minimum atomic E-state index is -3.06. The Bertz CT molecular complexity index is 319. The van der Waals surface area contributed by atoms with Gasteiger partial charge >= 0.3 is 0 Å². The number of sulfonamides is 1. The summed E-state index contributed by atoms with van der Waals surface area (Å²) in [5, 5.41) is 2.98. The van der Waals surface area contributed by atoms with Crippen LogP contribution >= 0.6 is 0 Å². The predicted molar refractivity (Wildman–Crippen MR) is 70.6 cm³/mol. The van der Waals surface area contributed by atoms with E-state index in [9.17, 15) is 8.42 Å². The van der Waals surface area contributed by atoms with Gasteiger partial charge in [-0.3, -0.25) is 0 Å². The number of nitrogens with zero attached hydrogens (tertiary/aromatic N) is 2. The van der Waals surface area contributed by atoms with Gasteiger partial charge in [0, 0.05) is 25.7 Å². The lowest BCUT2D eigenvalue weighted by Crippen LogP contribution is -2.53. The Balaban J connectivity index is 2.54. The van der Waals surface area contributed by atoms with Crippen molar-refractivity contribution in [2.24, 2.45) is 0 Å². The molecule has 0 bridgehead atoms. The van der Waals surface area contributed by atoms with Gasteiger partial charge in [0.1, 0.15) is 0 Å². The van der Waals surface area contributed by atoms with E-state index < -0.39 is 10.0 Å². The van der Waals surface area contributed by atoms with Crippen molar-refractivity contribution in [1.82, 2.24) is 14.5 Å². The minimum absolute atomic E-state index is 0.258. The Kier molecular flexibility index (Phi) is 5.85. The maximum absolute atomic E-state index is 12.1. The molecule has 1 fully saturated rings. The lowest BCUT2D eigenvalue weighted by molar-refractivity contribution is 0.144. The van der Waals surface area contributed by atoms with E-state index in [-0.39, 0.29) is 5.75 Å². The largest absolute Gasteiger partial charge is 0.320 e. The van der Waals surface area contributed by atoms with Crippen LogP contribution in [0.15, 0.2) is 0 Å². The number of hydrogen-bond acceptors (Lipinski definition) is 4. The number of likely N-dealkylation sites (N-methyl/N-ethyl adjacent to an activating group) is 1. The third kappa shape index (κ3) is 4.21. The summed E-state index contributed by atoms with van der Waals surface area (Å²) in [4.78, 5) is 2.25. The molecule has 1 unspecified atom stereocenters. The van der Waals surface area contributed by atoms with Gasteiger partial charge in [-0.15, -0.1) is 0 Å². The van der Waals surface area contributed by atoms with E-state index in [1.54, 1.807) is 4.31 Å². The topological polar surface area (TPSA) is 52.7 Å². The zero-order valence-corrected chi connectivity index (χ0v) is 12.0. The van der Waals surface area contributed by atoms with Crippen LogP contribution in [0.1, 0.15) is 19.8 Å². The second kappa shape index (κ2) is 6.68. The molecule has 5 nitrogen and oxygen atoms in total. The Morgan fingerprint density at radius 3 is 2.65 bits per heavy atom. The fourth-order valence-corrected chi connectivity index (χ4v) is 3.70. The van der Waals surface area contributed by atoms with Crippen molar-refractivity contribution in [1.29, 1.82) is 0 Å². The fourth-order valence-electron chi connectivity index (χ4n) is 2.17. The Labute approximate surface area is 105 Å². The second-order valence-electron chi connectivity index (χ2n) is 4.67. The summed E-state index contributed by atoms with van der Waals surface area (Å²) in [7, 11) is 0.856. The van der Waals surface area contributed by atoms with Crippen molar-refractivity contribution < 1.29 is 8.42 Å². The van der Waals surface area contributed by atoms with Crippen molar-refractivity contribution in [2.75, 3.05) is 46.0 Å². The van der Waals surface area contributed by atoms with E-state index in [2.05, 4.69) is 24.2 Å². The SMILES string of the molecule is CCC1CN(S(=O)(=O)CCCNC)CCN1C. The molecule has 0 aromatic rings. The zero-order valence-electron chi connectivity index (χ0n) is 11.1. The molecule has 1 atom stereocenters. The molecule has 0 spiro atoms. The normalized spacial score (nSPS) is 24.1. The molecule has 102 valence electrons. The molecule has 0 aliphatic carbocycles. The maximum Gasteiger partial charge on any atom is 0.214 e. The molecule has 1 heterocycles. The van der Waals surface area contributed by atoms with Gasteiger partial charge in [-0.25, -0.2) is 8.42 Å². The summed E-state index contributed by atoms with van der Waals surface area (Å²) in [5.41, 5.74) is 0. The summed E-state index contributed by atoms with van der Waals surface area (Å²) in [6.07, 6.45) is 1.68. The highest BCUT2D eigenvalue weighted by atomic mass is 32.2. The molecule has 1 N–H and O–H groups in total. The van der Waals surface area contributed by atoms with Crippen LogP contribution in [0, 0.1) is 0 Å². The van der Waals surface area contributed by atoms with Crippen LogP contribution in [-0.4, -0.2) is 69.7 Å². The van der Waals surface area contributed by atoms with Crippen LogP contribution in [0.25, 0.3) is 0 Å². The molecule has 1 aliphatic heterocycles. The highest BCUT2D eigenvalue weighted by Gasteiger charge is 2.30. The van der Waals surface area contributed by atoms with Crippen LogP contribution in [0.5, 0.6) is 0 Å². The second-order valence-corrected chi connectivity index (χ2v) is 6.76. The van der Waals surface area contributed by atoms with Crippen LogP contribution in [0.4, 0.5) is 0 Å². The van der Waals surface area contributed by atoms with Gasteiger partial charge in [0.15, 0.2) is 0 Å². The quantitative estimate of drug-likeness (QED) is 0.683. The maximum atomic E-state index is 12.1. The van der Waals surface area contributed by atoms with Gasteiger partial charge in [-0.05, 0) is 33.5 Å². The van der Waals surface area contributed by atoms with E-state index in [1.165, 1.54) is 0 Å². The van der Waals surface area contributed by atoms with Crippen molar-refractivity contribution >= 4 is 10.0 Å². The first-order chi connectivity index (χ1) is 8.01. The third-order valence-electron chi connectivity index (χ3n) is 3.43. The summed E-state index contributed by atoms with van der Waals surface area (Å²) in [6.45, 7) is 4.98. The van der Waals surface area contributed by atoms with Gasteiger partial charge < -0.3 is 10.2 Å². The third-order valence-corrected chi connectivity index (χ3v) is 5.36. The minimum Gasteiger partial charge on any atom is -0.320 e. The van der Waals surface area contributed by atoms with E-state index in [0.717, 1.165) is 19.5 Å².